The second-order valence-electron chi connectivity index (χ2n) is 6.36. The molecule has 0 amide bonds. The fourth-order valence-corrected chi connectivity index (χ4v) is 4.07. The van der Waals surface area contributed by atoms with E-state index in [1.165, 1.54) is 0 Å². The third-order valence-electron chi connectivity index (χ3n) is 5.12. The van der Waals surface area contributed by atoms with E-state index in [1.807, 2.05) is 48.5 Å². The molecule has 2 saturated heterocycles. The van der Waals surface area contributed by atoms with Gasteiger partial charge in [-0.15, -0.1) is 0 Å². The molecule has 4 nitrogen and oxygen atoms in total. The van der Waals surface area contributed by atoms with Gasteiger partial charge in [-0.05, 0) is 11.1 Å². The van der Waals surface area contributed by atoms with Crippen LogP contribution in [0.5, 0.6) is 0 Å². The third kappa shape index (κ3) is 2.18. The van der Waals surface area contributed by atoms with Gasteiger partial charge in [0.15, 0.2) is 0 Å². The molecule has 2 aromatic rings. The zero-order chi connectivity index (χ0) is 15.9. The van der Waals surface area contributed by atoms with Gasteiger partial charge in [-0.25, -0.2) is 0 Å². The van der Waals surface area contributed by atoms with Crippen molar-refractivity contribution in [2.24, 2.45) is 5.73 Å². The Morgan fingerprint density at radius 1 is 1.00 bits per heavy atom. The molecule has 23 heavy (non-hydrogen) atoms. The highest BCUT2D eigenvalue weighted by Crippen LogP contribution is 2.47. The third-order valence-corrected chi connectivity index (χ3v) is 5.12. The van der Waals surface area contributed by atoms with Crippen LogP contribution in [-0.2, 0) is 9.53 Å². The van der Waals surface area contributed by atoms with Crippen LogP contribution in [0.25, 0.3) is 0 Å². The van der Waals surface area contributed by atoms with E-state index in [4.69, 9.17) is 10.5 Å². The number of cyclic esters (lactones) is 1. The number of hydrogen-bond acceptors (Lipinski definition) is 4. The molecule has 118 valence electrons. The average molecular weight is 308 g/mol. The molecule has 2 aliphatic heterocycles. The van der Waals surface area contributed by atoms with Gasteiger partial charge in [0.25, 0.3) is 0 Å². The summed E-state index contributed by atoms with van der Waals surface area (Å²) in [6.07, 6.45) is 0.655. The van der Waals surface area contributed by atoms with Crippen LogP contribution in [0.3, 0.4) is 0 Å². The fourth-order valence-electron chi connectivity index (χ4n) is 4.07. The van der Waals surface area contributed by atoms with E-state index >= 15 is 0 Å². The lowest BCUT2D eigenvalue weighted by Crippen LogP contribution is -2.49. The van der Waals surface area contributed by atoms with Gasteiger partial charge in [0.05, 0.1) is 6.61 Å². The molecule has 1 spiro atoms. The van der Waals surface area contributed by atoms with Crippen LogP contribution in [0.15, 0.2) is 60.7 Å². The van der Waals surface area contributed by atoms with Gasteiger partial charge < -0.3 is 10.5 Å². The molecule has 2 aliphatic rings. The predicted octanol–water partition coefficient (Wildman–Crippen LogP) is 2.13. The van der Waals surface area contributed by atoms with Gasteiger partial charge in [-0.3, -0.25) is 10.1 Å². The smallest absolute Gasteiger partial charge is 0.327 e. The summed E-state index contributed by atoms with van der Waals surface area (Å²) in [5.74, 6) is -0.274. The lowest BCUT2D eigenvalue weighted by molar-refractivity contribution is -0.143. The van der Waals surface area contributed by atoms with Crippen LogP contribution in [0.4, 0.5) is 0 Å². The Kier molecular flexibility index (Phi) is 3.43. The molecule has 0 bridgehead atoms. The van der Waals surface area contributed by atoms with Gasteiger partial charge in [0.1, 0.15) is 5.54 Å². The molecule has 0 saturated carbocycles. The van der Waals surface area contributed by atoms with Crippen LogP contribution >= 0.6 is 0 Å². The van der Waals surface area contributed by atoms with Crippen LogP contribution in [0, 0.1) is 0 Å². The standard InChI is InChI=1S/C19H20N2O2/c20-16-15(13-7-3-1-4-8-13)19(11-12-23-18(19)22)21-17(16)14-9-5-2-6-10-14/h1-10,15-17,21H,11-12,20H2/t15-,16-,17-,19-/m1/s1. The van der Waals surface area contributed by atoms with Crippen molar-refractivity contribution in [2.75, 3.05) is 6.61 Å². The Labute approximate surface area is 135 Å². The van der Waals surface area contributed by atoms with E-state index in [1.54, 1.807) is 0 Å². The first kappa shape index (κ1) is 14.4. The molecule has 0 radical (unpaired) electrons. The number of esters is 1. The van der Waals surface area contributed by atoms with Gasteiger partial charge in [-0.2, -0.15) is 0 Å². The van der Waals surface area contributed by atoms with Crippen LogP contribution in [-0.4, -0.2) is 24.2 Å². The molecule has 2 aromatic carbocycles. The zero-order valence-corrected chi connectivity index (χ0v) is 12.8. The molecule has 2 heterocycles. The summed E-state index contributed by atoms with van der Waals surface area (Å²) in [5.41, 5.74) is 8.11. The molecule has 0 aromatic heterocycles. The minimum absolute atomic E-state index is 0.0629. The van der Waals surface area contributed by atoms with Gasteiger partial charge >= 0.3 is 5.97 Å². The topological polar surface area (TPSA) is 64.3 Å². The van der Waals surface area contributed by atoms with Crippen molar-refractivity contribution < 1.29 is 9.53 Å². The van der Waals surface area contributed by atoms with E-state index in [-0.39, 0.29) is 24.0 Å². The quantitative estimate of drug-likeness (QED) is 0.834. The second-order valence-corrected chi connectivity index (χ2v) is 6.36. The fraction of sp³-hybridized carbons (Fsp3) is 0.316. The predicted molar refractivity (Wildman–Crippen MR) is 87.8 cm³/mol. The van der Waals surface area contributed by atoms with Crippen LogP contribution in [0.2, 0.25) is 0 Å². The Morgan fingerprint density at radius 3 is 2.17 bits per heavy atom. The SMILES string of the molecule is N[C@H]1[C@@H](c2ccccc2)N[C@]2(CCOC2=O)[C@@H]1c1ccccc1. The summed E-state index contributed by atoms with van der Waals surface area (Å²) in [6.45, 7) is 0.448. The lowest BCUT2D eigenvalue weighted by atomic mass is 9.76. The first-order chi connectivity index (χ1) is 11.2. The maximum Gasteiger partial charge on any atom is 0.327 e. The van der Waals surface area contributed by atoms with Gasteiger partial charge in [0.2, 0.25) is 0 Å². The first-order valence-electron chi connectivity index (χ1n) is 8.03. The van der Waals surface area contributed by atoms with E-state index in [0.717, 1.165) is 11.1 Å². The Morgan fingerprint density at radius 2 is 1.61 bits per heavy atom. The Bertz CT molecular complexity index is 704. The van der Waals surface area contributed by atoms with E-state index in [0.29, 0.717) is 13.0 Å². The van der Waals surface area contributed by atoms with Crippen LogP contribution < -0.4 is 11.1 Å². The number of ether oxygens (including phenoxy) is 1. The minimum atomic E-state index is -0.721. The minimum Gasteiger partial charge on any atom is -0.464 e. The lowest BCUT2D eigenvalue weighted by Gasteiger charge is -2.28. The first-order valence-corrected chi connectivity index (χ1v) is 8.03. The number of hydrogen-bond donors (Lipinski definition) is 2. The molecule has 2 fully saturated rings. The van der Waals surface area contributed by atoms with Crippen molar-refractivity contribution in [3.8, 4) is 0 Å². The normalized spacial score (nSPS) is 33.1. The number of benzene rings is 2. The van der Waals surface area contributed by atoms with Crippen molar-refractivity contribution in [3.05, 3.63) is 71.8 Å². The Balaban J connectivity index is 1.80. The number of nitrogens with one attached hydrogen (secondary N) is 1. The molecule has 0 unspecified atom stereocenters. The molecular formula is C19H20N2O2. The Hall–Kier alpha value is -2.17. The van der Waals surface area contributed by atoms with E-state index in [9.17, 15) is 4.79 Å². The molecule has 4 heteroatoms. The van der Waals surface area contributed by atoms with E-state index in [2.05, 4.69) is 17.4 Å². The van der Waals surface area contributed by atoms with E-state index < -0.39 is 5.54 Å². The number of carbonyl (C=O) groups excluding carboxylic acids is 1. The molecular weight excluding hydrogens is 288 g/mol. The largest absolute Gasteiger partial charge is 0.464 e. The number of nitrogens with two attached hydrogens (primary N) is 1. The van der Waals surface area contributed by atoms with Gasteiger partial charge in [-0.1, -0.05) is 60.7 Å². The maximum absolute atomic E-state index is 12.6. The highest BCUT2D eigenvalue weighted by Gasteiger charge is 2.60. The van der Waals surface area contributed by atoms with Gasteiger partial charge in [0, 0.05) is 24.4 Å². The summed E-state index contributed by atoms with van der Waals surface area (Å²) in [7, 11) is 0. The van der Waals surface area contributed by atoms with Crippen molar-refractivity contribution >= 4 is 5.97 Å². The summed E-state index contributed by atoms with van der Waals surface area (Å²) < 4.78 is 5.32. The summed E-state index contributed by atoms with van der Waals surface area (Å²) in [6, 6.07) is 19.9. The van der Waals surface area contributed by atoms with Crippen molar-refractivity contribution in [1.29, 1.82) is 0 Å². The molecule has 4 atom stereocenters. The second kappa shape index (κ2) is 5.48. The summed E-state index contributed by atoms with van der Waals surface area (Å²) in [4.78, 5) is 12.6. The van der Waals surface area contributed by atoms with Crippen molar-refractivity contribution in [3.63, 3.8) is 0 Å². The number of carbonyl (C=O) groups is 1. The molecule has 0 aliphatic carbocycles. The summed E-state index contributed by atoms with van der Waals surface area (Å²) in [5, 5.41) is 3.53. The highest BCUT2D eigenvalue weighted by molar-refractivity contribution is 5.85. The summed E-state index contributed by atoms with van der Waals surface area (Å²) >= 11 is 0. The van der Waals surface area contributed by atoms with Crippen molar-refractivity contribution in [1.82, 2.24) is 5.32 Å². The highest BCUT2D eigenvalue weighted by atomic mass is 16.5. The van der Waals surface area contributed by atoms with Crippen LogP contribution in [0.1, 0.15) is 29.5 Å². The number of rotatable bonds is 2. The van der Waals surface area contributed by atoms with Crippen molar-refractivity contribution in [2.45, 2.75) is 30.0 Å². The maximum atomic E-state index is 12.6. The average Bonchev–Trinajstić information content (AvgIpc) is 3.10. The monoisotopic (exact) mass is 308 g/mol. The molecule has 4 rings (SSSR count). The molecule has 3 N–H and O–H groups in total. The zero-order valence-electron chi connectivity index (χ0n) is 12.8.